The van der Waals surface area contributed by atoms with E-state index in [1.54, 1.807) is 13.2 Å². The summed E-state index contributed by atoms with van der Waals surface area (Å²) in [5.41, 5.74) is -0.247. The van der Waals surface area contributed by atoms with Crippen LogP contribution in [-0.2, 0) is 9.53 Å². The summed E-state index contributed by atoms with van der Waals surface area (Å²) in [6.45, 7) is 2.10. The van der Waals surface area contributed by atoms with Crippen LogP contribution in [0.3, 0.4) is 0 Å². The molecule has 15 heavy (non-hydrogen) atoms. The number of hydrogen-bond donors (Lipinski definition) is 0. The molecule has 0 amide bonds. The van der Waals surface area contributed by atoms with Crippen molar-refractivity contribution in [2.75, 3.05) is 7.11 Å². The van der Waals surface area contributed by atoms with Gasteiger partial charge in [-0.2, -0.15) is 0 Å². The van der Waals surface area contributed by atoms with Gasteiger partial charge in [0.05, 0.1) is 5.60 Å². The highest BCUT2D eigenvalue weighted by Gasteiger charge is 2.55. The molecule has 3 rings (SSSR count). The van der Waals surface area contributed by atoms with E-state index in [0.29, 0.717) is 23.5 Å². The smallest absolute Gasteiger partial charge is 0.159 e. The Bertz CT molecular complexity index is 369. The van der Waals surface area contributed by atoms with Gasteiger partial charge in [0.25, 0.3) is 0 Å². The molecule has 3 aliphatic rings. The number of carbonyl (C=O) groups excluding carboxylic acids is 1. The topological polar surface area (TPSA) is 26.3 Å². The van der Waals surface area contributed by atoms with E-state index >= 15 is 0 Å². The number of allylic oxidation sites excluding steroid dienone is 3. The highest BCUT2D eigenvalue weighted by molar-refractivity contribution is 5.94. The van der Waals surface area contributed by atoms with Gasteiger partial charge in [0.2, 0.25) is 0 Å². The number of ether oxygens (including phenoxy) is 1. The maximum Gasteiger partial charge on any atom is 0.159 e. The molecule has 3 aliphatic carbocycles. The van der Waals surface area contributed by atoms with Gasteiger partial charge in [-0.05, 0) is 37.3 Å². The molecule has 0 N–H and O–H groups in total. The molecule has 80 valence electrons. The first-order chi connectivity index (χ1) is 7.15. The second kappa shape index (κ2) is 2.82. The summed E-state index contributed by atoms with van der Waals surface area (Å²) >= 11 is 0. The summed E-state index contributed by atoms with van der Waals surface area (Å²) in [5.74, 6) is 1.84. The van der Waals surface area contributed by atoms with Gasteiger partial charge >= 0.3 is 0 Å². The van der Waals surface area contributed by atoms with Crippen molar-refractivity contribution in [2.24, 2.45) is 23.7 Å². The van der Waals surface area contributed by atoms with Gasteiger partial charge in [0.15, 0.2) is 5.78 Å². The van der Waals surface area contributed by atoms with E-state index < -0.39 is 0 Å². The van der Waals surface area contributed by atoms with Crippen LogP contribution in [-0.4, -0.2) is 18.5 Å². The maximum absolute atomic E-state index is 11.9. The van der Waals surface area contributed by atoms with Gasteiger partial charge in [-0.3, -0.25) is 4.79 Å². The Balaban J connectivity index is 2.07. The monoisotopic (exact) mass is 204 g/mol. The number of rotatable bonds is 1. The van der Waals surface area contributed by atoms with Crippen LogP contribution in [0.5, 0.6) is 0 Å². The number of fused-ring (bicyclic) bond motifs is 5. The van der Waals surface area contributed by atoms with Crippen LogP contribution in [0.4, 0.5) is 0 Å². The molecule has 0 aromatic rings. The fraction of sp³-hybridized carbons (Fsp3) is 0.615. The van der Waals surface area contributed by atoms with E-state index in [9.17, 15) is 4.79 Å². The van der Waals surface area contributed by atoms with E-state index in [-0.39, 0.29) is 11.5 Å². The predicted octanol–water partition coefficient (Wildman–Crippen LogP) is 1.97. The van der Waals surface area contributed by atoms with Crippen molar-refractivity contribution in [3.63, 3.8) is 0 Å². The third-order valence-corrected chi connectivity index (χ3v) is 4.47. The summed E-state index contributed by atoms with van der Waals surface area (Å²) in [7, 11) is 1.74. The van der Waals surface area contributed by atoms with Gasteiger partial charge in [-0.25, -0.2) is 0 Å². The first-order valence-corrected chi connectivity index (χ1v) is 5.62. The summed E-state index contributed by atoms with van der Waals surface area (Å²) in [6, 6.07) is 0. The molecule has 0 unspecified atom stereocenters. The highest BCUT2D eigenvalue weighted by atomic mass is 16.5. The van der Waals surface area contributed by atoms with Gasteiger partial charge < -0.3 is 4.74 Å². The summed E-state index contributed by atoms with van der Waals surface area (Å²) in [4.78, 5) is 11.9. The predicted molar refractivity (Wildman–Crippen MR) is 57.3 cm³/mol. The molecular weight excluding hydrogens is 188 g/mol. The minimum absolute atomic E-state index is 0.176. The van der Waals surface area contributed by atoms with Crippen LogP contribution in [0, 0.1) is 23.7 Å². The molecule has 0 heterocycles. The Hall–Kier alpha value is -0.890. The Morgan fingerprint density at radius 3 is 2.87 bits per heavy atom. The Morgan fingerprint density at radius 2 is 2.13 bits per heavy atom. The average Bonchev–Trinajstić information content (AvgIpc) is 2.84. The fourth-order valence-electron chi connectivity index (χ4n) is 3.67. The molecule has 1 fully saturated rings. The lowest BCUT2D eigenvalue weighted by Gasteiger charge is -2.41. The molecular formula is C13H16O2. The van der Waals surface area contributed by atoms with Crippen molar-refractivity contribution in [3.05, 3.63) is 24.3 Å². The van der Waals surface area contributed by atoms with E-state index in [4.69, 9.17) is 4.74 Å². The lowest BCUT2D eigenvalue weighted by atomic mass is 9.68. The van der Waals surface area contributed by atoms with Crippen LogP contribution in [0.1, 0.15) is 13.3 Å². The Morgan fingerprint density at radius 1 is 1.40 bits per heavy atom. The second-order valence-corrected chi connectivity index (χ2v) is 5.12. The second-order valence-electron chi connectivity index (χ2n) is 5.12. The summed E-state index contributed by atoms with van der Waals surface area (Å²) < 4.78 is 5.62. The molecule has 2 heteroatoms. The number of methoxy groups -OCH3 is 1. The molecule has 1 saturated carbocycles. The average molecular weight is 204 g/mol. The Labute approximate surface area is 90.0 Å². The number of carbonyl (C=O) groups is 1. The third kappa shape index (κ3) is 1.06. The lowest BCUT2D eigenvalue weighted by Crippen LogP contribution is -2.46. The van der Waals surface area contributed by atoms with E-state index in [0.717, 1.165) is 6.42 Å². The van der Waals surface area contributed by atoms with Crippen molar-refractivity contribution in [1.82, 2.24) is 0 Å². The molecule has 2 nitrogen and oxygen atoms in total. The normalized spacial score (nSPS) is 51.2. The van der Waals surface area contributed by atoms with Crippen molar-refractivity contribution in [1.29, 1.82) is 0 Å². The molecule has 0 aromatic heterocycles. The SMILES string of the molecule is CO[C@@]1(C)C=CC(=O)[C@H]2[C@@H]1[C@H]1C=C[C@@H]2C1. The van der Waals surface area contributed by atoms with Crippen LogP contribution >= 0.6 is 0 Å². The van der Waals surface area contributed by atoms with E-state index in [1.807, 2.05) is 6.08 Å². The number of ketones is 1. The molecule has 5 atom stereocenters. The summed E-state index contributed by atoms with van der Waals surface area (Å²) in [6.07, 6.45) is 9.31. The highest BCUT2D eigenvalue weighted by Crippen LogP contribution is 2.55. The summed E-state index contributed by atoms with van der Waals surface area (Å²) in [5, 5.41) is 0. The molecule has 0 saturated heterocycles. The van der Waals surface area contributed by atoms with Crippen LogP contribution in [0.25, 0.3) is 0 Å². The molecule has 0 aromatic carbocycles. The maximum atomic E-state index is 11.9. The minimum atomic E-state index is -0.247. The quantitative estimate of drug-likeness (QED) is 0.610. The van der Waals surface area contributed by atoms with Crippen molar-refractivity contribution in [2.45, 2.75) is 18.9 Å². The van der Waals surface area contributed by atoms with Gasteiger partial charge in [0.1, 0.15) is 0 Å². The first kappa shape index (κ1) is 9.34. The van der Waals surface area contributed by atoms with Crippen LogP contribution < -0.4 is 0 Å². The first-order valence-electron chi connectivity index (χ1n) is 5.62. The minimum Gasteiger partial charge on any atom is -0.374 e. The Kier molecular flexibility index (Phi) is 1.76. The van der Waals surface area contributed by atoms with Crippen molar-refractivity contribution < 1.29 is 9.53 Å². The zero-order valence-electron chi connectivity index (χ0n) is 9.14. The van der Waals surface area contributed by atoms with Crippen LogP contribution in [0.15, 0.2) is 24.3 Å². The standard InChI is InChI=1S/C13H16O2/c1-13(15-2)6-5-10(14)11-8-3-4-9(7-8)12(11)13/h3-6,8-9,11-12H,7H2,1-2H3/t8-,9+,11+,12+,13+/m1/s1. The fourth-order valence-corrected chi connectivity index (χ4v) is 3.67. The van der Waals surface area contributed by atoms with Gasteiger partial charge in [0, 0.05) is 18.9 Å². The van der Waals surface area contributed by atoms with Gasteiger partial charge in [-0.15, -0.1) is 0 Å². The van der Waals surface area contributed by atoms with E-state index in [2.05, 4.69) is 19.1 Å². The largest absolute Gasteiger partial charge is 0.374 e. The van der Waals surface area contributed by atoms with Crippen molar-refractivity contribution in [3.8, 4) is 0 Å². The molecule has 0 spiro atoms. The van der Waals surface area contributed by atoms with Crippen LogP contribution in [0.2, 0.25) is 0 Å². The number of hydrogen-bond acceptors (Lipinski definition) is 2. The van der Waals surface area contributed by atoms with Gasteiger partial charge in [-0.1, -0.05) is 12.2 Å². The molecule has 2 bridgehead atoms. The van der Waals surface area contributed by atoms with Crippen molar-refractivity contribution >= 4 is 5.78 Å². The lowest BCUT2D eigenvalue weighted by molar-refractivity contribution is -0.126. The zero-order chi connectivity index (χ0) is 10.6. The van der Waals surface area contributed by atoms with E-state index in [1.165, 1.54) is 0 Å². The molecule has 0 radical (unpaired) electrons. The third-order valence-electron chi connectivity index (χ3n) is 4.47. The zero-order valence-corrected chi connectivity index (χ0v) is 9.14. The molecule has 0 aliphatic heterocycles.